The average Bonchev–Trinajstić information content (AvgIpc) is 2.62. The van der Waals surface area contributed by atoms with Gasteiger partial charge in [0, 0.05) is 19.2 Å². The van der Waals surface area contributed by atoms with E-state index in [0.29, 0.717) is 17.2 Å². The second-order valence-electron chi connectivity index (χ2n) is 8.11. The summed E-state index contributed by atoms with van der Waals surface area (Å²) in [6.07, 6.45) is 9.69. The Hall–Kier alpha value is -2.20. The number of nitrogens with one attached hydrogen (secondary N) is 2. The molecule has 140 valence electrons. The van der Waals surface area contributed by atoms with Gasteiger partial charge < -0.3 is 15.4 Å². The lowest BCUT2D eigenvalue weighted by molar-refractivity contribution is -0.140. The Morgan fingerprint density at radius 1 is 1.27 bits per heavy atom. The van der Waals surface area contributed by atoms with Crippen molar-refractivity contribution in [1.29, 1.82) is 5.26 Å². The van der Waals surface area contributed by atoms with Gasteiger partial charge in [0.1, 0.15) is 17.5 Å². The summed E-state index contributed by atoms with van der Waals surface area (Å²) < 4.78 is 5.25. The van der Waals surface area contributed by atoms with Gasteiger partial charge in [-0.1, -0.05) is 0 Å². The lowest BCUT2D eigenvalue weighted by Crippen LogP contribution is -2.52. The second kappa shape index (κ2) is 7.20. The number of methoxy groups -OCH3 is 1. The molecule has 2 aliphatic carbocycles. The van der Waals surface area contributed by atoms with Crippen LogP contribution in [0.5, 0.6) is 0 Å². The molecule has 0 bridgehead atoms. The van der Waals surface area contributed by atoms with E-state index in [-0.39, 0.29) is 11.9 Å². The van der Waals surface area contributed by atoms with Gasteiger partial charge in [-0.25, -0.2) is 9.97 Å². The number of carbonyl (C=O) groups is 1. The highest BCUT2D eigenvalue weighted by Crippen LogP contribution is 2.52. The minimum absolute atomic E-state index is 0.0338. The summed E-state index contributed by atoms with van der Waals surface area (Å²) in [5, 5.41) is 15.3. The van der Waals surface area contributed by atoms with Crippen LogP contribution in [-0.4, -0.2) is 40.7 Å². The number of carbonyl (C=O) groups excluding carboxylic acids is 1. The van der Waals surface area contributed by atoms with Gasteiger partial charge in [0.25, 0.3) is 5.91 Å². The van der Waals surface area contributed by atoms with Gasteiger partial charge in [0.15, 0.2) is 5.69 Å². The van der Waals surface area contributed by atoms with Gasteiger partial charge in [-0.2, -0.15) is 5.26 Å². The van der Waals surface area contributed by atoms with E-state index in [1.165, 1.54) is 6.20 Å². The van der Waals surface area contributed by atoms with Gasteiger partial charge in [-0.15, -0.1) is 0 Å². The molecule has 7 nitrogen and oxygen atoms in total. The fourth-order valence-electron chi connectivity index (χ4n) is 3.99. The normalized spacial score (nSPS) is 28.1. The molecule has 2 fully saturated rings. The second-order valence-corrected chi connectivity index (χ2v) is 8.11. The first-order chi connectivity index (χ1) is 12.4. The Bertz CT molecular complexity index is 679. The molecule has 0 aromatic carbocycles. The highest BCUT2D eigenvalue weighted by Gasteiger charge is 2.46. The molecule has 1 spiro atoms. The molecular weight excluding hydrogens is 330 g/mol. The molecule has 3 rings (SSSR count). The molecule has 2 aliphatic rings. The third-order valence-corrected chi connectivity index (χ3v) is 5.92. The Labute approximate surface area is 154 Å². The quantitative estimate of drug-likeness (QED) is 0.839. The van der Waals surface area contributed by atoms with Crippen molar-refractivity contribution in [2.45, 2.75) is 70.1 Å². The minimum atomic E-state index is -0.775. The van der Waals surface area contributed by atoms with Gasteiger partial charge in [0.2, 0.25) is 0 Å². The largest absolute Gasteiger partial charge is 0.369 e. The van der Waals surface area contributed by atoms with Crippen molar-refractivity contribution in [3.63, 3.8) is 0 Å². The van der Waals surface area contributed by atoms with Crippen LogP contribution in [0.1, 0.15) is 58.1 Å². The Kier molecular flexibility index (Phi) is 5.15. The molecule has 1 heterocycles. The molecule has 0 saturated heterocycles. The fourth-order valence-corrected chi connectivity index (χ4v) is 3.99. The van der Waals surface area contributed by atoms with Crippen molar-refractivity contribution >= 4 is 11.7 Å². The minimum Gasteiger partial charge on any atom is -0.369 e. The zero-order valence-corrected chi connectivity index (χ0v) is 15.7. The van der Waals surface area contributed by atoms with E-state index in [1.54, 1.807) is 27.2 Å². The maximum absolute atomic E-state index is 12.2. The monoisotopic (exact) mass is 357 g/mol. The third-order valence-electron chi connectivity index (χ3n) is 5.92. The maximum atomic E-state index is 12.2. The molecule has 2 N–H and O–H groups in total. The van der Waals surface area contributed by atoms with Crippen molar-refractivity contribution in [2.75, 3.05) is 12.4 Å². The van der Waals surface area contributed by atoms with E-state index in [2.05, 4.69) is 20.6 Å². The predicted octanol–water partition coefficient (Wildman–Crippen LogP) is 2.39. The van der Waals surface area contributed by atoms with E-state index in [9.17, 15) is 4.79 Å². The first-order valence-corrected chi connectivity index (χ1v) is 9.21. The Balaban J connectivity index is 1.43. The van der Waals surface area contributed by atoms with Crippen LogP contribution in [0.25, 0.3) is 0 Å². The predicted molar refractivity (Wildman–Crippen MR) is 97.3 cm³/mol. The Morgan fingerprint density at radius 2 is 1.96 bits per heavy atom. The lowest BCUT2D eigenvalue weighted by Gasteiger charge is -2.52. The molecule has 0 atom stereocenters. The van der Waals surface area contributed by atoms with E-state index in [0.717, 1.165) is 44.3 Å². The SMILES string of the molecule is COC(C)(C)C(=O)NC1CCC2(CC1)CC(Nc1cnc(C#N)cn1)C2. The molecular formula is C19H27N5O2. The number of nitriles is 1. The van der Waals surface area contributed by atoms with Crippen LogP contribution < -0.4 is 10.6 Å². The van der Waals surface area contributed by atoms with Crippen molar-refractivity contribution in [1.82, 2.24) is 15.3 Å². The van der Waals surface area contributed by atoms with E-state index in [4.69, 9.17) is 10.00 Å². The zero-order valence-electron chi connectivity index (χ0n) is 15.7. The maximum Gasteiger partial charge on any atom is 0.251 e. The van der Waals surface area contributed by atoms with Crippen LogP contribution >= 0.6 is 0 Å². The summed E-state index contributed by atoms with van der Waals surface area (Å²) in [4.78, 5) is 20.5. The summed E-state index contributed by atoms with van der Waals surface area (Å²) in [6.45, 7) is 3.59. The van der Waals surface area contributed by atoms with Crippen LogP contribution in [0.4, 0.5) is 5.82 Å². The molecule has 0 aliphatic heterocycles. The summed E-state index contributed by atoms with van der Waals surface area (Å²) in [7, 11) is 1.56. The highest BCUT2D eigenvalue weighted by atomic mass is 16.5. The molecule has 0 radical (unpaired) electrons. The number of hydrogen-bond donors (Lipinski definition) is 2. The molecule has 1 amide bonds. The third kappa shape index (κ3) is 3.96. The topological polar surface area (TPSA) is 99.9 Å². The Morgan fingerprint density at radius 3 is 2.50 bits per heavy atom. The van der Waals surface area contributed by atoms with Crippen LogP contribution in [0.3, 0.4) is 0 Å². The molecule has 1 aromatic heterocycles. The van der Waals surface area contributed by atoms with Gasteiger partial charge in [-0.3, -0.25) is 4.79 Å². The number of ether oxygens (including phenoxy) is 1. The van der Waals surface area contributed by atoms with Crippen molar-refractivity contribution in [3.05, 3.63) is 18.1 Å². The van der Waals surface area contributed by atoms with Crippen LogP contribution in [0.15, 0.2) is 12.4 Å². The van der Waals surface area contributed by atoms with E-state index in [1.807, 2.05) is 6.07 Å². The van der Waals surface area contributed by atoms with Crippen molar-refractivity contribution in [3.8, 4) is 6.07 Å². The molecule has 2 saturated carbocycles. The van der Waals surface area contributed by atoms with E-state index < -0.39 is 5.60 Å². The average molecular weight is 357 g/mol. The molecule has 26 heavy (non-hydrogen) atoms. The first kappa shape index (κ1) is 18.6. The van der Waals surface area contributed by atoms with Crippen LogP contribution in [0, 0.1) is 16.7 Å². The number of nitrogens with zero attached hydrogens (tertiary/aromatic N) is 3. The number of hydrogen-bond acceptors (Lipinski definition) is 6. The molecule has 7 heteroatoms. The summed E-state index contributed by atoms with van der Waals surface area (Å²) in [6, 6.07) is 2.64. The summed E-state index contributed by atoms with van der Waals surface area (Å²) in [5.74, 6) is 0.695. The standard InChI is InChI=1S/C19H27N5O2/c1-18(2,26-3)17(25)24-13-4-6-19(7-5-13)8-14(9-19)23-16-12-21-15(10-20)11-22-16/h11-14H,4-9H2,1-3H3,(H,22,23)(H,24,25). The summed E-state index contributed by atoms with van der Waals surface area (Å²) in [5.41, 5.74) is -0.0454. The first-order valence-electron chi connectivity index (χ1n) is 9.21. The zero-order chi connectivity index (χ0) is 18.8. The van der Waals surface area contributed by atoms with Crippen molar-refractivity contribution in [2.24, 2.45) is 5.41 Å². The van der Waals surface area contributed by atoms with Crippen LogP contribution in [0.2, 0.25) is 0 Å². The number of anilines is 1. The molecule has 1 aromatic rings. The number of amides is 1. The summed E-state index contributed by atoms with van der Waals surface area (Å²) >= 11 is 0. The van der Waals surface area contributed by atoms with E-state index >= 15 is 0 Å². The highest BCUT2D eigenvalue weighted by molar-refractivity contribution is 5.84. The van der Waals surface area contributed by atoms with Gasteiger partial charge >= 0.3 is 0 Å². The van der Waals surface area contributed by atoms with Gasteiger partial charge in [0.05, 0.1) is 12.4 Å². The van der Waals surface area contributed by atoms with Gasteiger partial charge in [-0.05, 0) is 57.8 Å². The van der Waals surface area contributed by atoms with Crippen LogP contribution in [-0.2, 0) is 9.53 Å². The molecule has 0 unspecified atom stereocenters. The smallest absolute Gasteiger partial charge is 0.251 e. The number of rotatable bonds is 5. The van der Waals surface area contributed by atoms with Crippen molar-refractivity contribution < 1.29 is 9.53 Å². The fraction of sp³-hybridized carbons (Fsp3) is 0.684. The lowest BCUT2D eigenvalue weighted by atomic mass is 9.57. The number of aromatic nitrogens is 2.